The molecular weight excluding hydrogens is 422 g/mol. The molecule has 3 aromatic carbocycles. The molecule has 1 aliphatic heterocycles. The van der Waals surface area contributed by atoms with Crippen LogP contribution in [0.3, 0.4) is 0 Å². The van der Waals surface area contributed by atoms with E-state index in [0.717, 1.165) is 67.3 Å². The monoisotopic (exact) mass is 445 g/mol. The zero-order valence-electron chi connectivity index (χ0n) is 19.2. The second kappa shape index (κ2) is 6.90. The van der Waals surface area contributed by atoms with Crippen LogP contribution in [0, 0.1) is 6.92 Å². The van der Waals surface area contributed by atoms with Gasteiger partial charge in [0, 0.05) is 34.6 Å². The summed E-state index contributed by atoms with van der Waals surface area (Å²) in [5, 5.41) is 4.58. The molecule has 6 heteroatoms. The number of nitrogens with one attached hydrogen (secondary N) is 2. The molecule has 7 rings (SSSR count). The summed E-state index contributed by atoms with van der Waals surface area (Å²) in [6.45, 7) is 6.80. The summed E-state index contributed by atoms with van der Waals surface area (Å²) in [5.74, 6) is 3.10. The fourth-order valence-corrected chi connectivity index (χ4v) is 5.07. The molecule has 0 atom stereocenters. The van der Waals surface area contributed by atoms with Crippen LogP contribution in [0.25, 0.3) is 55.0 Å². The predicted octanol–water partition coefficient (Wildman–Crippen LogP) is 6.65. The van der Waals surface area contributed by atoms with Gasteiger partial charge in [-0.3, -0.25) is 4.98 Å². The zero-order chi connectivity index (χ0) is 23.0. The van der Waals surface area contributed by atoms with Crippen LogP contribution in [0.15, 0.2) is 54.9 Å². The molecule has 0 aliphatic carbocycles. The van der Waals surface area contributed by atoms with E-state index in [1.54, 1.807) is 0 Å². The van der Waals surface area contributed by atoms with E-state index < -0.39 is 0 Å². The number of imidazole rings is 2. The van der Waals surface area contributed by atoms with Crippen molar-refractivity contribution in [2.75, 3.05) is 0 Å². The number of benzene rings is 3. The van der Waals surface area contributed by atoms with Gasteiger partial charge in [0.15, 0.2) is 0 Å². The highest BCUT2D eigenvalue weighted by Crippen LogP contribution is 2.41. The number of rotatable bonds is 2. The molecule has 0 saturated heterocycles. The van der Waals surface area contributed by atoms with E-state index >= 15 is 0 Å². The van der Waals surface area contributed by atoms with Crippen molar-refractivity contribution in [1.82, 2.24) is 24.9 Å². The Balaban J connectivity index is 1.44. The summed E-state index contributed by atoms with van der Waals surface area (Å²) < 4.78 is 6.07. The summed E-state index contributed by atoms with van der Waals surface area (Å²) in [4.78, 5) is 20.8. The number of aromatic amines is 2. The standard InChI is InChI=1S/C28H23N5O/c1-14(2)28-32-26-19-6-4-16(10-21(19)18-8-9-29-12-22(18)27(26)33-28)17-5-7-20-24(11-17)34-13-23-25(20)31-15(3)30-23/h4-12,14H,13H2,1-3H3,(H,30,31)(H,32,33). The SMILES string of the molecule is Cc1nc2c([nH]1)COc1cc(-c3ccc4c(c3)c3ccncc3c3nc(C(C)C)[nH]c43)ccc1-2. The minimum atomic E-state index is 0.322. The average Bonchev–Trinajstić information content (AvgIpc) is 3.47. The van der Waals surface area contributed by atoms with Crippen molar-refractivity contribution < 1.29 is 4.74 Å². The molecule has 1 aliphatic rings. The van der Waals surface area contributed by atoms with E-state index in [-0.39, 0.29) is 0 Å². The number of pyridine rings is 1. The molecule has 34 heavy (non-hydrogen) atoms. The molecule has 0 unspecified atom stereocenters. The van der Waals surface area contributed by atoms with Gasteiger partial charge in [0.1, 0.15) is 24.0 Å². The Morgan fingerprint density at radius 1 is 0.882 bits per heavy atom. The average molecular weight is 446 g/mol. The second-order valence-corrected chi connectivity index (χ2v) is 9.33. The van der Waals surface area contributed by atoms with Crippen molar-refractivity contribution in [2.24, 2.45) is 0 Å². The number of aryl methyl sites for hydroxylation is 1. The van der Waals surface area contributed by atoms with Crippen molar-refractivity contribution in [3.8, 4) is 28.1 Å². The summed E-state index contributed by atoms with van der Waals surface area (Å²) in [5.41, 5.74) is 7.38. The quantitative estimate of drug-likeness (QED) is 0.293. The Morgan fingerprint density at radius 2 is 1.74 bits per heavy atom. The molecule has 0 amide bonds. The number of ether oxygens (including phenoxy) is 1. The van der Waals surface area contributed by atoms with Gasteiger partial charge in [0.25, 0.3) is 0 Å². The third kappa shape index (κ3) is 2.71. The lowest BCUT2D eigenvalue weighted by Crippen LogP contribution is -2.05. The minimum Gasteiger partial charge on any atom is -0.487 e. The molecule has 0 spiro atoms. The highest BCUT2D eigenvalue weighted by atomic mass is 16.5. The van der Waals surface area contributed by atoms with Gasteiger partial charge < -0.3 is 14.7 Å². The zero-order valence-corrected chi connectivity index (χ0v) is 19.2. The molecule has 2 N–H and O–H groups in total. The first-order valence-corrected chi connectivity index (χ1v) is 11.6. The van der Waals surface area contributed by atoms with Crippen molar-refractivity contribution >= 4 is 32.6 Å². The third-order valence-electron chi connectivity index (χ3n) is 6.76. The van der Waals surface area contributed by atoms with Crippen LogP contribution in [-0.2, 0) is 6.61 Å². The Labute approximate surface area is 196 Å². The fraction of sp³-hybridized carbons (Fsp3) is 0.179. The highest BCUT2D eigenvalue weighted by Gasteiger charge is 2.22. The Bertz CT molecular complexity index is 1760. The van der Waals surface area contributed by atoms with Gasteiger partial charge >= 0.3 is 0 Å². The number of nitrogens with zero attached hydrogens (tertiary/aromatic N) is 3. The number of H-pyrrole nitrogens is 2. The maximum absolute atomic E-state index is 6.07. The summed E-state index contributed by atoms with van der Waals surface area (Å²) >= 11 is 0. The molecule has 0 fully saturated rings. The number of fused-ring (bicyclic) bond motifs is 9. The molecule has 4 heterocycles. The number of hydrogen-bond acceptors (Lipinski definition) is 4. The van der Waals surface area contributed by atoms with Gasteiger partial charge in [-0.1, -0.05) is 32.0 Å². The van der Waals surface area contributed by atoms with E-state index in [0.29, 0.717) is 12.5 Å². The van der Waals surface area contributed by atoms with Gasteiger partial charge in [-0.05, 0) is 53.1 Å². The van der Waals surface area contributed by atoms with Gasteiger partial charge in [0.2, 0.25) is 0 Å². The van der Waals surface area contributed by atoms with Gasteiger partial charge in [-0.2, -0.15) is 0 Å². The normalized spacial score (nSPS) is 12.9. The van der Waals surface area contributed by atoms with E-state index in [2.05, 4.69) is 76.2 Å². The van der Waals surface area contributed by atoms with E-state index in [4.69, 9.17) is 9.72 Å². The van der Waals surface area contributed by atoms with Crippen LogP contribution in [0.4, 0.5) is 0 Å². The highest BCUT2D eigenvalue weighted by molar-refractivity contribution is 6.23. The lowest BCUT2D eigenvalue weighted by molar-refractivity contribution is 0.298. The number of hydrogen-bond donors (Lipinski definition) is 2. The van der Waals surface area contributed by atoms with Crippen molar-refractivity contribution in [3.63, 3.8) is 0 Å². The second-order valence-electron chi connectivity index (χ2n) is 9.33. The Hall–Kier alpha value is -4.19. The van der Waals surface area contributed by atoms with E-state index in [1.807, 2.05) is 19.3 Å². The molecule has 3 aromatic heterocycles. The summed E-state index contributed by atoms with van der Waals surface area (Å²) in [7, 11) is 0. The lowest BCUT2D eigenvalue weighted by Gasteiger charge is -2.18. The van der Waals surface area contributed by atoms with Crippen molar-refractivity contribution in [1.29, 1.82) is 0 Å². The van der Waals surface area contributed by atoms with Crippen LogP contribution in [0.1, 0.15) is 37.1 Å². The Morgan fingerprint density at radius 3 is 2.62 bits per heavy atom. The maximum Gasteiger partial charge on any atom is 0.130 e. The molecule has 0 saturated carbocycles. The molecule has 6 nitrogen and oxygen atoms in total. The first kappa shape index (κ1) is 19.3. The van der Waals surface area contributed by atoms with Crippen molar-refractivity contribution in [2.45, 2.75) is 33.3 Å². The first-order valence-electron chi connectivity index (χ1n) is 11.6. The molecule has 6 aromatic rings. The molecule has 0 radical (unpaired) electrons. The largest absolute Gasteiger partial charge is 0.487 e. The minimum absolute atomic E-state index is 0.322. The maximum atomic E-state index is 6.07. The van der Waals surface area contributed by atoms with Gasteiger partial charge in [-0.15, -0.1) is 0 Å². The molecule has 166 valence electrons. The van der Waals surface area contributed by atoms with E-state index in [1.165, 1.54) is 10.8 Å². The third-order valence-corrected chi connectivity index (χ3v) is 6.76. The van der Waals surface area contributed by atoms with Crippen LogP contribution in [-0.4, -0.2) is 24.9 Å². The molecule has 0 bridgehead atoms. The fourth-order valence-electron chi connectivity index (χ4n) is 5.07. The number of aromatic nitrogens is 5. The molecular formula is C28H23N5O. The first-order chi connectivity index (χ1) is 16.6. The smallest absolute Gasteiger partial charge is 0.130 e. The van der Waals surface area contributed by atoms with Crippen LogP contribution in [0.5, 0.6) is 5.75 Å². The summed E-state index contributed by atoms with van der Waals surface area (Å²) in [6.07, 6.45) is 3.78. The van der Waals surface area contributed by atoms with Gasteiger partial charge in [-0.25, -0.2) is 9.97 Å². The topological polar surface area (TPSA) is 79.5 Å². The lowest BCUT2D eigenvalue weighted by atomic mass is 9.95. The summed E-state index contributed by atoms with van der Waals surface area (Å²) in [6, 6.07) is 15.1. The van der Waals surface area contributed by atoms with Crippen molar-refractivity contribution in [3.05, 3.63) is 72.2 Å². The predicted molar refractivity (Wildman–Crippen MR) is 135 cm³/mol. The van der Waals surface area contributed by atoms with Crippen LogP contribution >= 0.6 is 0 Å². The van der Waals surface area contributed by atoms with Gasteiger partial charge in [0.05, 0.1) is 22.4 Å². The van der Waals surface area contributed by atoms with E-state index in [9.17, 15) is 0 Å². The van der Waals surface area contributed by atoms with Crippen LogP contribution in [0.2, 0.25) is 0 Å². The van der Waals surface area contributed by atoms with Crippen LogP contribution < -0.4 is 4.74 Å². The Kier molecular flexibility index (Phi) is 3.92.